The average Bonchev–Trinajstić information content (AvgIpc) is 3.14. The minimum Gasteiger partial charge on any atom is -0.377 e. The molecule has 1 saturated heterocycles. The fourth-order valence-corrected chi connectivity index (χ4v) is 3.74. The predicted octanol–water partition coefficient (Wildman–Crippen LogP) is 3.52. The highest BCUT2D eigenvalue weighted by molar-refractivity contribution is 8.00. The number of nitrogens with one attached hydrogen (secondary N) is 1. The molecule has 0 amide bonds. The third-order valence-electron chi connectivity index (χ3n) is 4.00. The van der Waals surface area contributed by atoms with E-state index in [0.29, 0.717) is 11.4 Å². The van der Waals surface area contributed by atoms with Gasteiger partial charge < -0.3 is 10.1 Å². The zero-order valence-corrected chi connectivity index (χ0v) is 12.6. The molecule has 0 spiro atoms. The maximum absolute atomic E-state index is 5.64. The summed E-state index contributed by atoms with van der Waals surface area (Å²) in [7, 11) is 0. The number of ether oxygens (including phenoxy) is 1. The van der Waals surface area contributed by atoms with Gasteiger partial charge in [0.05, 0.1) is 6.10 Å². The van der Waals surface area contributed by atoms with E-state index in [1.54, 1.807) is 0 Å². The normalized spacial score (nSPS) is 26.8. The van der Waals surface area contributed by atoms with Crippen molar-refractivity contribution in [1.29, 1.82) is 0 Å². The smallest absolute Gasteiger partial charge is 0.0669 e. The van der Waals surface area contributed by atoms with Gasteiger partial charge in [-0.2, -0.15) is 0 Å². The molecule has 1 aromatic rings. The monoisotopic (exact) mass is 277 g/mol. The van der Waals surface area contributed by atoms with Crippen molar-refractivity contribution in [1.82, 2.24) is 5.32 Å². The Labute approximate surface area is 120 Å². The Kier molecular flexibility index (Phi) is 4.15. The van der Waals surface area contributed by atoms with Crippen LogP contribution in [0.2, 0.25) is 0 Å². The molecule has 2 atom stereocenters. The van der Waals surface area contributed by atoms with Gasteiger partial charge in [0.15, 0.2) is 0 Å². The van der Waals surface area contributed by atoms with Gasteiger partial charge in [0.2, 0.25) is 0 Å². The molecule has 2 nitrogen and oxygen atoms in total. The molecule has 1 heterocycles. The van der Waals surface area contributed by atoms with E-state index in [1.165, 1.54) is 35.3 Å². The molecular weight excluding hydrogens is 254 g/mol. The number of benzene rings is 1. The SMILES string of the molecule is Cc1cc(CNC2CC2)ccc1SC1CCOC1C. The number of rotatable bonds is 5. The minimum atomic E-state index is 0.389. The van der Waals surface area contributed by atoms with Crippen molar-refractivity contribution >= 4 is 11.8 Å². The van der Waals surface area contributed by atoms with Gasteiger partial charge in [0.1, 0.15) is 0 Å². The fourth-order valence-electron chi connectivity index (χ4n) is 2.53. The van der Waals surface area contributed by atoms with Gasteiger partial charge in [0, 0.05) is 29.3 Å². The first-order valence-corrected chi connectivity index (χ1v) is 8.21. The van der Waals surface area contributed by atoms with Gasteiger partial charge in [-0.1, -0.05) is 12.1 Å². The second kappa shape index (κ2) is 5.86. The van der Waals surface area contributed by atoms with Crippen LogP contribution in [-0.4, -0.2) is 24.0 Å². The molecule has 3 heteroatoms. The Morgan fingerprint density at radius 2 is 2.16 bits per heavy atom. The van der Waals surface area contributed by atoms with Gasteiger partial charge >= 0.3 is 0 Å². The van der Waals surface area contributed by atoms with Crippen molar-refractivity contribution in [2.24, 2.45) is 0 Å². The van der Waals surface area contributed by atoms with Crippen molar-refractivity contribution in [2.75, 3.05) is 6.61 Å². The summed E-state index contributed by atoms with van der Waals surface area (Å²) in [4.78, 5) is 1.41. The van der Waals surface area contributed by atoms with Crippen LogP contribution in [0.25, 0.3) is 0 Å². The Bertz CT molecular complexity index is 444. The zero-order valence-electron chi connectivity index (χ0n) is 11.8. The van der Waals surface area contributed by atoms with Crippen LogP contribution in [0.4, 0.5) is 0 Å². The first-order valence-electron chi connectivity index (χ1n) is 7.33. The standard InChI is InChI=1S/C16H23NOS/c1-11-9-13(10-17-14-4-5-14)3-6-15(11)19-16-7-8-18-12(16)2/h3,6,9,12,14,16-17H,4-5,7-8,10H2,1-2H3. The lowest BCUT2D eigenvalue weighted by Crippen LogP contribution is -2.15. The van der Waals surface area contributed by atoms with Crippen molar-refractivity contribution in [2.45, 2.75) is 61.9 Å². The lowest BCUT2D eigenvalue weighted by atomic mass is 10.1. The van der Waals surface area contributed by atoms with Crippen molar-refractivity contribution in [3.8, 4) is 0 Å². The van der Waals surface area contributed by atoms with Gasteiger partial charge in [-0.05, 0) is 50.3 Å². The molecule has 2 fully saturated rings. The Balaban J connectivity index is 1.61. The summed E-state index contributed by atoms with van der Waals surface area (Å²) in [6, 6.07) is 7.67. The van der Waals surface area contributed by atoms with Crippen LogP contribution < -0.4 is 5.32 Å². The lowest BCUT2D eigenvalue weighted by Gasteiger charge is -2.15. The van der Waals surface area contributed by atoms with E-state index in [9.17, 15) is 0 Å². The molecule has 0 bridgehead atoms. The van der Waals surface area contributed by atoms with E-state index in [1.807, 2.05) is 11.8 Å². The molecule has 1 aliphatic heterocycles. The van der Waals surface area contributed by atoms with E-state index in [0.717, 1.165) is 19.2 Å². The van der Waals surface area contributed by atoms with Crippen LogP contribution in [0.5, 0.6) is 0 Å². The molecular formula is C16H23NOS. The highest BCUT2D eigenvalue weighted by Crippen LogP contribution is 2.34. The fraction of sp³-hybridized carbons (Fsp3) is 0.625. The summed E-state index contributed by atoms with van der Waals surface area (Å²) < 4.78 is 5.64. The van der Waals surface area contributed by atoms with E-state index in [4.69, 9.17) is 4.74 Å². The summed E-state index contributed by atoms with van der Waals surface area (Å²) in [5.74, 6) is 0. The van der Waals surface area contributed by atoms with E-state index < -0.39 is 0 Å². The van der Waals surface area contributed by atoms with E-state index in [2.05, 4.69) is 37.4 Å². The molecule has 0 radical (unpaired) electrons. The minimum absolute atomic E-state index is 0.389. The molecule has 1 aromatic carbocycles. The number of hydrogen-bond donors (Lipinski definition) is 1. The topological polar surface area (TPSA) is 21.3 Å². The Hall–Kier alpha value is -0.510. The van der Waals surface area contributed by atoms with Crippen molar-refractivity contribution < 1.29 is 4.74 Å². The second-order valence-electron chi connectivity index (χ2n) is 5.78. The molecule has 3 rings (SSSR count). The molecule has 1 saturated carbocycles. The lowest BCUT2D eigenvalue weighted by molar-refractivity contribution is 0.127. The summed E-state index contributed by atoms with van der Waals surface area (Å²) in [6.07, 6.45) is 4.27. The summed E-state index contributed by atoms with van der Waals surface area (Å²) in [6.45, 7) is 6.35. The molecule has 104 valence electrons. The first kappa shape index (κ1) is 13.5. The largest absolute Gasteiger partial charge is 0.377 e. The summed E-state index contributed by atoms with van der Waals surface area (Å²) >= 11 is 1.99. The number of thioether (sulfide) groups is 1. The van der Waals surface area contributed by atoms with Crippen LogP contribution in [-0.2, 0) is 11.3 Å². The highest BCUT2D eigenvalue weighted by Gasteiger charge is 2.25. The van der Waals surface area contributed by atoms with Crippen LogP contribution in [0.1, 0.15) is 37.3 Å². The molecule has 19 heavy (non-hydrogen) atoms. The third-order valence-corrected chi connectivity index (χ3v) is 5.63. The highest BCUT2D eigenvalue weighted by atomic mass is 32.2. The quantitative estimate of drug-likeness (QED) is 0.890. The van der Waals surface area contributed by atoms with Crippen molar-refractivity contribution in [3.05, 3.63) is 29.3 Å². The Morgan fingerprint density at radius 3 is 2.79 bits per heavy atom. The van der Waals surface area contributed by atoms with Crippen LogP contribution >= 0.6 is 11.8 Å². The van der Waals surface area contributed by atoms with Crippen LogP contribution in [0, 0.1) is 6.92 Å². The number of aryl methyl sites for hydroxylation is 1. The molecule has 1 N–H and O–H groups in total. The van der Waals surface area contributed by atoms with Gasteiger partial charge in [-0.3, -0.25) is 0 Å². The van der Waals surface area contributed by atoms with E-state index in [-0.39, 0.29) is 0 Å². The van der Waals surface area contributed by atoms with Gasteiger partial charge in [0.25, 0.3) is 0 Å². The van der Waals surface area contributed by atoms with Crippen LogP contribution in [0.15, 0.2) is 23.1 Å². The molecule has 0 aromatic heterocycles. The Morgan fingerprint density at radius 1 is 1.32 bits per heavy atom. The zero-order chi connectivity index (χ0) is 13.2. The third kappa shape index (κ3) is 3.53. The summed E-state index contributed by atoms with van der Waals surface area (Å²) in [5.41, 5.74) is 2.81. The maximum Gasteiger partial charge on any atom is 0.0669 e. The average molecular weight is 277 g/mol. The summed E-state index contributed by atoms with van der Waals surface area (Å²) in [5, 5.41) is 4.19. The second-order valence-corrected chi connectivity index (χ2v) is 7.06. The first-order chi connectivity index (χ1) is 9.22. The van der Waals surface area contributed by atoms with Crippen LogP contribution in [0.3, 0.4) is 0 Å². The number of hydrogen-bond acceptors (Lipinski definition) is 3. The predicted molar refractivity (Wildman–Crippen MR) is 80.7 cm³/mol. The molecule has 2 unspecified atom stereocenters. The van der Waals surface area contributed by atoms with Gasteiger partial charge in [-0.15, -0.1) is 11.8 Å². The van der Waals surface area contributed by atoms with Crippen molar-refractivity contribution in [3.63, 3.8) is 0 Å². The molecule has 2 aliphatic rings. The molecule has 1 aliphatic carbocycles. The maximum atomic E-state index is 5.64. The van der Waals surface area contributed by atoms with Gasteiger partial charge in [-0.25, -0.2) is 0 Å². The van der Waals surface area contributed by atoms with E-state index >= 15 is 0 Å².